The smallest absolute Gasteiger partial charge is 0.0619 e. The minimum absolute atomic E-state index is 0.403. The van der Waals surface area contributed by atoms with E-state index in [1.165, 1.54) is 16.7 Å². The number of hydrogen-bond acceptors (Lipinski definition) is 3. The van der Waals surface area contributed by atoms with Crippen molar-refractivity contribution in [1.29, 1.82) is 0 Å². The Bertz CT molecular complexity index is 433. The molecule has 0 aliphatic carbocycles. The first kappa shape index (κ1) is 15.5. The maximum atomic E-state index is 5.53. The van der Waals surface area contributed by atoms with Crippen molar-refractivity contribution < 1.29 is 4.74 Å². The van der Waals surface area contributed by atoms with E-state index in [1.807, 2.05) is 0 Å². The van der Waals surface area contributed by atoms with Gasteiger partial charge in [0.2, 0.25) is 0 Å². The highest BCUT2D eigenvalue weighted by atomic mass is 16.5. The van der Waals surface area contributed by atoms with Crippen molar-refractivity contribution >= 4 is 0 Å². The molecule has 0 bridgehead atoms. The van der Waals surface area contributed by atoms with E-state index in [9.17, 15) is 0 Å². The SMILES string of the molecule is CCNC(CN1CCOCC1C)c1ccc(C)c(C)c1. The molecule has 1 aliphatic heterocycles. The predicted octanol–water partition coefficient (Wildman–Crippen LogP) is 2.67. The molecule has 112 valence electrons. The molecule has 0 aromatic heterocycles. The zero-order chi connectivity index (χ0) is 14.5. The fraction of sp³-hybridized carbons (Fsp3) is 0.647. The third kappa shape index (κ3) is 3.81. The van der Waals surface area contributed by atoms with Crippen molar-refractivity contribution in [1.82, 2.24) is 10.2 Å². The Morgan fingerprint density at radius 3 is 2.80 bits per heavy atom. The van der Waals surface area contributed by atoms with Crippen molar-refractivity contribution in [2.24, 2.45) is 0 Å². The van der Waals surface area contributed by atoms with Crippen molar-refractivity contribution in [3.63, 3.8) is 0 Å². The van der Waals surface area contributed by atoms with Gasteiger partial charge >= 0.3 is 0 Å². The van der Waals surface area contributed by atoms with Crippen molar-refractivity contribution in [2.45, 2.75) is 39.8 Å². The lowest BCUT2D eigenvalue weighted by atomic mass is 10.00. The second-order valence-electron chi connectivity index (χ2n) is 5.87. The topological polar surface area (TPSA) is 24.5 Å². The van der Waals surface area contributed by atoms with Crippen LogP contribution >= 0.6 is 0 Å². The van der Waals surface area contributed by atoms with E-state index in [0.717, 1.165) is 32.8 Å². The number of benzene rings is 1. The highest BCUT2D eigenvalue weighted by molar-refractivity contribution is 5.32. The number of likely N-dealkylation sites (N-methyl/N-ethyl adjacent to an activating group) is 1. The number of morpholine rings is 1. The first-order chi connectivity index (χ1) is 9.61. The summed E-state index contributed by atoms with van der Waals surface area (Å²) in [5.74, 6) is 0. The fourth-order valence-electron chi connectivity index (χ4n) is 2.78. The van der Waals surface area contributed by atoms with Gasteiger partial charge in [-0.3, -0.25) is 4.90 Å². The van der Waals surface area contributed by atoms with Crippen LogP contribution < -0.4 is 5.32 Å². The molecular formula is C17H28N2O. The predicted molar refractivity (Wildman–Crippen MR) is 84.2 cm³/mol. The zero-order valence-electron chi connectivity index (χ0n) is 13.3. The number of ether oxygens (including phenoxy) is 1. The van der Waals surface area contributed by atoms with E-state index < -0.39 is 0 Å². The molecule has 2 rings (SSSR count). The van der Waals surface area contributed by atoms with Crippen LogP contribution in [0.3, 0.4) is 0 Å². The summed E-state index contributed by atoms with van der Waals surface area (Å²) in [7, 11) is 0. The van der Waals surface area contributed by atoms with Crippen LogP contribution in [0, 0.1) is 13.8 Å². The molecule has 0 spiro atoms. The molecule has 2 unspecified atom stereocenters. The maximum absolute atomic E-state index is 5.53. The quantitative estimate of drug-likeness (QED) is 0.895. The van der Waals surface area contributed by atoms with Gasteiger partial charge in [-0.2, -0.15) is 0 Å². The lowest BCUT2D eigenvalue weighted by Gasteiger charge is -2.36. The van der Waals surface area contributed by atoms with E-state index in [0.29, 0.717) is 12.1 Å². The van der Waals surface area contributed by atoms with Gasteiger partial charge in [-0.05, 0) is 44.0 Å². The summed E-state index contributed by atoms with van der Waals surface area (Å²) in [6, 6.07) is 7.74. The van der Waals surface area contributed by atoms with Gasteiger partial charge in [0, 0.05) is 25.2 Å². The molecule has 3 heteroatoms. The second kappa shape index (κ2) is 7.21. The minimum Gasteiger partial charge on any atom is -0.379 e. The number of rotatable bonds is 5. The molecule has 1 aromatic carbocycles. The molecule has 20 heavy (non-hydrogen) atoms. The summed E-state index contributed by atoms with van der Waals surface area (Å²) in [6.07, 6.45) is 0. The second-order valence-corrected chi connectivity index (χ2v) is 5.87. The van der Waals surface area contributed by atoms with Crippen molar-refractivity contribution in [3.8, 4) is 0 Å². The van der Waals surface area contributed by atoms with Gasteiger partial charge in [-0.15, -0.1) is 0 Å². The molecule has 1 heterocycles. The molecule has 1 saturated heterocycles. The lowest BCUT2D eigenvalue weighted by Crippen LogP contribution is -2.47. The Morgan fingerprint density at radius 1 is 1.35 bits per heavy atom. The van der Waals surface area contributed by atoms with Gasteiger partial charge in [0.15, 0.2) is 0 Å². The largest absolute Gasteiger partial charge is 0.379 e. The number of aryl methyl sites for hydroxylation is 2. The molecule has 2 atom stereocenters. The first-order valence-electron chi connectivity index (χ1n) is 7.74. The van der Waals surface area contributed by atoms with E-state index in [-0.39, 0.29) is 0 Å². The summed E-state index contributed by atoms with van der Waals surface area (Å²) < 4.78 is 5.53. The average Bonchev–Trinajstić information content (AvgIpc) is 2.44. The van der Waals surface area contributed by atoms with Crippen LogP contribution in [0.4, 0.5) is 0 Å². The van der Waals surface area contributed by atoms with E-state index in [1.54, 1.807) is 0 Å². The van der Waals surface area contributed by atoms with Crippen LogP contribution in [-0.2, 0) is 4.74 Å². The highest BCUT2D eigenvalue weighted by Gasteiger charge is 2.22. The van der Waals surface area contributed by atoms with Crippen LogP contribution in [0.25, 0.3) is 0 Å². The third-order valence-electron chi connectivity index (χ3n) is 4.31. The minimum atomic E-state index is 0.403. The van der Waals surface area contributed by atoms with Gasteiger partial charge < -0.3 is 10.1 Å². The average molecular weight is 276 g/mol. The van der Waals surface area contributed by atoms with Gasteiger partial charge in [-0.25, -0.2) is 0 Å². The molecule has 0 saturated carbocycles. The molecule has 1 aliphatic rings. The zero-order valence-corrected chi connectivity index (χ0v) is 13.3. The normalized spacial score (nSPS) is 21.9. The molecule has 0 amide bonds. The van der Waals surface area contributed by atoms with Crippen LogP contribution in [0.5, 0.6) is 0 Å². The molecule has 1 fully saturated rings. The Morgan fingerprint density at radius 2 is 2.15 bits per heavy atom. The van der Waals surface area contributed by atoms with Gasteiger partial charge in [0.25, 0.3) is 0 Å². The van der Waals surface area contributed by atoms with Gasteiger partial charge in [0.05, 0.1) is 13.2 Å². The van der Waals surface area contributed by atoms with Crippen molar-refractivity contribution in [2.75, 3.05) is 32.8 Å². The monoisotopic (exact) mass is 276 g/mol. The van der Waals surface area contributed by atoms with Crippen LogP contribution in [0.2, 0.25) is 0 Å². The van der Waals surface area contributed by atoms with E-state index in [4.69, 9.17) is 4.74 Å². The highest BCUT2D eigenvalue weighted by Crippen LogP contribution is 2.20. The maximum Gasteiger partial charge on any atom is 0.0619 e. The van der Waals surface area contributed by atoms with Gasteiger partial charge in [-0.1, -0.05) is 25.1 Å². The van der Waals surface area contributed by atoms with Crippen molar-refractivity contribution in [3.05, 3.63) is 34.9 Å². The van der Waals surface area contributed by atoms with Crippen LogP contribution in [-0.4, -0.2) is 43.8 Å². The standard InChI is InChI=1S/C17H28N2O/c1-5-18-17(11-19-8-9-20-12-15(19)4)16-7-6-13(2)14(3)10-16/h6-7,10,15,17-18H,5,8-9,11-12H2,1-4H3. The van der Waals surface area contributed by atoms with E-state index in [2.05, 4.69) is 56.1 Å². The number of nitrogens with zero attached hydrogens (tertiary/aromatic N) is 1. The summed E-state index contributed by atoms with van der Waals surface area (Å²) in [6.45, 7) is 13.6. The number of nitrogens with one attached hydrogen (secondary N) is 1. The molecule has 1 N–H and O–H groups in total. The molecule has 3 nitrogen and oxygen atoms in total. The van der Waals surface area contributed by atoms with E-state index >= 15 is 0 Å². The van der Waals surface area contributed by atoms with Crippen LogP contribution in [0.15, 0.2) is 18.2 Å². The number of hydrogen-bond donors (Lipinski definition) is 1. The summed E-state index contributed by atoms with van der Waals surface area (Å²) in [5, 5.41) is 3.63. The summed E-state index contributed by atoms with van der Waals surface area (Å²) >= 11 is 0. The molecule has 1 aromatic rings. The Kier molecular flexibility index (Phi) is 5.58. The third-order valence-corrected chi connectivity index (χ3v) is 4.31. The fourth-order valence-corrected chi connectivity index (χ4v) is 2.78. The molecular weight excluding hydrogens is 248 g/mol. The van der Waals surface area contributed by atoms with Gasteiger partial charge in [0.1, 0.15) is 0 Å². The Balaban J connectivity index is 2.11. The molecule has 0 radical (unpaired) electrons. The lowest BCUT2D eigenvalue weighted by molar-refractivity contribution is -0.00442. The summed E-state index contributed by atoms with van der Waals surface area (Å²) in [4.78, 5) is 2.53. The van der Waals surface area contributed by atoms with Crippen LogP contribution in [0.1, 0.15) is 36.6 Å². The Hall–Kier alpha value is -0.900. The first-order valence-corrected chi connectivity index (χ1v) is 7.74. The summed E-state index contributed by atoms with van der Waals surface area (Å²) in [5.41, 5.74) is 4.14. The Labute approximate surface area is 123 Å².